The van der Waals surface area contributed by atoms with E-state index in [-0.39, 0.29) is 53.7 Å². The molecule has 0 unspecified atom stereocenters. The zero-order valence-electron chi connectivity index (χ0n) is 13.8. The van der Waals surface area contributed by atoms with Gasteiger partial charge < -0.3 is 10.4 Å². The van der Waals surface area contributed by atoms with Gasteiger partial charge >= 0.3 is 5.97 Å². The lowest BCUT2D eigenvalue weighted by Gasteiger charge is -2.15. The lowest BCUT2D eigenvalue weighted by molar-refractivity contribution is -0.384. The van der Waals surface area contributed by atoms with Crippen LogP contribution in [0.1, 0.15) is 23.2 Å². The Morgan fingerprint density at radius 1 is 1.23 bits per heavy atom. The van der Waals surface area contributed by atoms with E-state index in [0.29, 0.717) is 12.8 Å². The number of carbonyl (C=O) groups is 3. The minimum absolute atomic E-state index is 0.0997. The molecule has 2 atom stereocenters. The van der Waals surface area contributed by atoms with Crippen molar-refractivity contribution in [3.63, 3.8) is 0 Å². The summed E-state index contributed by atoms with van der Waals surface area (Å²) < 4.78 is 0. The number of rotatable bonds is 6. The van der Waals surface area contributed by atoms with E-state index in [0.717, 1.165) is 6.07 Å². The van der Waals surface area contributed by atoms with Gasteiger partial charge in [0.15, 0.2) is 0 Å². The van der Waals surface area contributed by atoms with E-state index in [1.807, 2.05) is 12.2 Å². The molecule has 2 N–H and O–H groups in total. The van der Waals surface area contributed by atoms with Crippen LogP contribution in [0.5, 0.6) is 0 Å². The van der Waals surface area contributed by atoms with Gasteiger partial charge in [0.1, 0.15) is 5.69 Å². The van der Waals surface area contributed by atoms with Gasteiger partial charge in [0.2, 0.25) is 11.8 Å². The van der Waals surface area contributed by atoms with Gasteiger partial charge in [0.05, 0.1) is 22.3 Å². The Labute approximate surface area is 148 Å². The van der Waals surface area contributed by atoms with Crippen molar-refractivity contribution in [1.29, 1.82) is 0 Å². The Hall–Kier alpha value is -3.23. The Bertz CT molecular complexity index is 793. The highest BCUT2D eigenvalue weighted by Gasteiger charge is 2.46. The number of nitro benzene ring substituents is 1. The third-order valence-electron chi connectivity index (χ3n) is 4.69. The summed E-state index contributed by atoms with van der Waals surface area (Å²) in [6.07, 6.45) is 4.92. The molecule has 0 saturated carbocycles. The molecule has 1 fully saturated rings. The van der Waals surface area contributed by atoms with Gasteiger partial charge in [-0.15, -0.1) is 0 Å². The second-order valence-electron chi connectivity index (χ2n) is 6.20. The van der Waals surface area contributed by atoms with Crippen LogP contribution in [-0.2, 0) is 9.59 Å². The number of carboxylic acid groups (broad SMARTS) is 1. The number of nitrogens with one attached hydrogen (secondary N) is 1. The molecule has 9 heteroatoms. The number of nitro groups is 1. The van der Waals surface area contributed by atoms with Gasteiger partial charge in [-0.2, -0.15) is 0 Å². The number of hydrogen-bond acceptors (Lipinski definition) is 6. The number of hydrogen-bond donors (Lipinski definition) is 2. The number of nitrogens with zero attached hydrogens (tertiary/aromatic N) is 2. The molecule has 1 aliphatic carbocycles. The van der Waals surface area contributed by atoms with E-state index in [2.05, 4.69) is 5.32 Å². The first kappa shape index (κ1) is 17.6. The Kier molecular flexibility index (Phi) is 4.70. The largest absolute Gasteiger partial charge is 0.478 e. The molecule has 0 spiro atoms. The molecule has 2 aliphatic rings. The maximum atomic E-state index is 12.4. The highest BCUT2D eigenvalue weighted by atomic mass is 16.6. The number of allylic oxidation sites excluding steroid dienone is 2. The SMILES string of the molecule is O=C(O)c1ccc(NCCN2C(=O)[C@H]3CC=CC[C@H]3C2=O)c([N+](=O)[O-])c1. The van der Waals surface area contributed by atoms with E-state index < -0.39 is 10.9 Å². The van der Waals surface area contributed by atoms with E-state index in [9.17, 15) is 24.5 Å². The number of fused-ring (bicyclic) bond motifs is 1. The van der Waals surface area contributed by atoms with Gasteiger partial charge in [-0.05, 0) is 25.0 Å². The minimum Gasteiger partial charge on any atom is -0.478 e. The lowest BCUT2D eigenvalue weighted by atomic mass is 9.85. The third-order valence-corrected chi connectivity index (χ3v) is 4.69. The van der Waals surface area contributed by atoms with Crippen molar-refractivity contribution in [2.75, 3.05) is 18.4 Å². The molecule has 1 heterocycles. The summed E-state index contributed by atoms with van der Waals surface area (Å²) in [5.74, 6) is -2.29. The van der Waals surface area contributed by atoms with E-state index >= 15 is 0 Å². The normalized spacial score (nSPS) is 21.6. The molecule has 0 radical (unpaired) electrons. The van der Waals surface area contributed by atoms with Crippen molar-refractivity contribution >= 4 is 29.2 Å². The van der Waals surface area contributed by atoms with Gasteiger partial charge in [0.25, 0.3) is 5.69 Å². The smallest absolute Gasteiger partial charge is 0.335 e. The number of carboxylic acids is 1. The van der Waals surface area contributed by atoms with Crippen LogP contribution in [0.15, 0.2) is 30.4 Å². The number of amides is 2. The van der Waals surface area contributed by atoms with Crippen molar-refractivity contribution < 1.29 is 24.4 Å². The average Bonchev–Trinajstić information content (AvgIpc) is 2.86. The predicted molar refractivity (Wildman–Crippen MR) is 90.6 cm³/mol. The predicted octanol–water partition coefficient (Wildman–Crippen LogP) is 1.66. The molecule has 3 rings (SSSR count). The number of carbonyl (C=O) groups excluding carboxylic acids is 2. The van der Waals surface area contributed by atoms with Gasteiger partial charge in [-0.25, -0.2) is 4.79 Å². The van der Waals surface area contributed by atoms with Gasteiger partial charge in [-0.1, -0.05) is 12.2 Å². The first-order valence-electron chi connectivity index (χ1n) is 8.16. The maximum absolute atomic E-state index is 12.4. The monoisotopic (exact) mass is 359 g/mol. The second-order valence-corrected chi connectivity index (χ2v) is 6.20. The molecule has 0 bridgehead atoms. The van der Waals surface area contributed by atoms with Crippen LogP contribution < -0.4 is 5.32 Å². The zero-order valence-corrected chi connectivity index (χ0v) is 13.8. The fraction of sp³-hybridized carbons (Fsp3) is 0.353. The summed E-state index contributed by atoms with van der Waals surface area (Å²) in [5, 5.41) is 22.9. The summed E-state index contributed by atoms with van der Waals surface area (Å²) in [6.45, 7) is 0.236. The van der Waals surface area contributed by atoms with E-state index in [1.165, 1.54) is 17.0 Å². The summed E-state index contributed by atoms with van der Waals surface area (Å²) >= 11 is 0. The van der Waals surface area contributed by atoms with Crippen LogP contribution in [0.3, 0.4) is 0 Å². The maximum Gasteiger partial charge on any atom is 0.335 e. The molecular weight excluding hydrogens is 342 g/mol. The summed E-state index contributed by atoms with van der Waals surface area (Å²) in [7, 11) is 0. The van der Waals surface area contributed by atoms with Crippen LogP contribution in [0.25, 0.3) is 0 Å². The molecule has 9 nitrogen and oxygen atoms in total. The Balaban J connectivity index is 1.67. The van der Waals surface area contributed by atoms with Gasteiger partial charge in [0, 0.05) is 19.2 Å². The molecule has 0 aromatic heterocycles. The topological polar surface area (TPSA) is 130 Å². The van der Waals surface area contributed by atoms with Crippen LogP contribution >= 0.6 is 0 Å². The van der Waals surface area contributed by atoms with Crippen molar-refractivity contribution in [2.24, 2.45) is 11.8 Å². The van der Waals surface area contributed by atoms with Crippen LogP contribution in [0, 0.1) is 22.0 Å². The number of anilines is 1. The number of imide groups is 1. The van der Waals surface area contributed by atoms with Crippen molar-refractivity contribution in [3.8, 4) is 0 Å². The lowest BCUT2D eigenvalue weighted by Crippen LogP contribution is -2.35. The van der Waals surface area contributed by atoms with Crippen LogP contribution in [0.2, 0.25) is 0 Å². The second kappa shape index (κ2) is 6.95. The number of aromatic carboxylic acids is 1. The summed E-state index contributed by atoms with van der Waals surface area (Å²) in [4.78, 5) is 47.3. The zero-order chi connectivity index (χ0) is 18.8. The van der Waals surface area contributed by atoms with E-state index in [1.54, 1.807) is 0 Å². The van der Waals surface area contributed by atoms with Crippen LogP contribution in [-0.4, -0.2) is 45.8 Å². The summed E-state index contributed by atoms with van der Waals surface area (Å²) in [6, 6.07) is 3.53. The molecular formula is C17H17N3O6. The van der Waals surface area contributed by atoms with E-state index in [4.69, 9.17) is 5.11 Å². The molecule has 2 amide bonds. The fourth-order valence-electron chi connectivity index (χ4n) is 3.36. The number of likely N-dealkylation sites (tertiary alicyclic amines) is 1. The molecule has 1 aliphatic heterocycles. The molecule has 136 valence electrons. The summed E-state index contributed by atoms with van der Waals surface area (Å²) in [5.41, 5.74) is -0.427. The van der Waals surface area contributed by atoms with Crippen molar-refractivity contribution in [3.05, 3.63) is 46.0 Å². The third kappa shape index (κ3) is 3.15. The van der Waals surface area contributed by atoms with Crippen LogP contribution in [0.4, 0.5) is 11.4 Å². The molecule has 26 heavy (non-hydrogen) atoms. The first-order chi connectivity index (χ1) is 12.4. The van der Waals surface area contributed by atoms with Crippen molar-refractivity contribution in [2.45, 2.75) is 12.8 Å². The Morgan fingerprint density at radius 3 is 2.38 bits per heavy atom. The van der Waals surface area contributed by atoms with Gasteiger partial charge in [-0.3, -0.25) is 24.6 Å². The average molecular weight is 359 g/mol. The molecule has 1 aromatic carbocycles. The Morgan fingerprint density at radius 2 is 1.85 bits per heavy atom. The highest BCUT2D eigenvalue weighted by Crippen LogP contribution is 2.35. The molecule has 1 saturated heterocycles. The minimum atomic E-state index is -1.26. The van der Waals surface area contributed by atoms with Crippen molar-refractivity contribution in [1.82, 2.24) is 4.90 Å². The highest BCUT2D eigenvalue weighted by molar-refractivity contribution is 6.05. The standard InChI is InChI=1S/C17H17N3O6/c21-15-11-3-1-2-4-12(11)16(22)19(15)8-7-18-13-6-5-10(17(23)24)9-14(13)20(25)26/h1-2,5-6,9,11-12,18H,3-4,7-8H2,(H,23,24)/t11-,12+. The molecule has 1 aromatic rings. The first-order valence-corrected chi connectivity index (χ1v) is 8.16. The fourth-order valence-corrected chi connectivity index (χ4v) is 3.36. The quantitative estimate of drug-likeness (QED) is 0.342. The number of benzene rings is 1.